The molecule has 1 aromatic rings. The van der Waals surface area contributed by atoms with E-state index in [0.29, 0.717) is 13.1 Å². The first-order valence-electron chi connectivity index (χ1n) is 6.77. The van der Waals surface area contributed by atoms with Crippen LogP contribution in [0.25, 0.3) is 0 Å². The second-order valence-electron chi connectivity index (χ2n) is 5.99. The molecule has 0 aromatic heterocycles. The largest absolute Gasteiger partial charge is 0.398 e. The summed E-state index contributed by atoms with van der Waals surface area (Å²) in [6, 6.07) is 3.97. The monoisotopic (exact) mass is 292 g/mol. The number of nitrogens with two attached hydrogens (primary N) is 1. The molecule has 1 heterocycles. The quantitative estimate of drug-likeness (QED) is 0.504. The number of carbonyl (C=O) groups excluding carboxylic acids is 1. The fourth-order valence-corrected chi connectivity index (χ4v) is 2.43. The van der Waals surface area contributed by atoms with Gasteiger partial charge < -0.3 is 10.6 Å². The molecule has 0 unspecified atom stereocenters. The number of likely N-dealkylation sites (N-methyl/N-ethyl adjacent to an activating group) is 1. The molecule has 21 heavy (non-hydrogen) atoms. The molecule has 0 bridgehead atoms. The Balaban J connectivity index is 2.28. The van der Waals surface area contributed by atoms with Crippen LogP contribution in [0.15, 0.2) is 18.2 Å². The van der Waals surface area contributed by atoms with Crippen molar-refractivity contribution in [1.29, 1.82) is 0 Å². The third-order valence-corrected chi connectivity index (χ3v) is 4.08. The highest BCUT2D eigenvalue weighted by Crippen LogP contribution is 2.24. The molecule has 114 valence electrons. The Morgan fingerprint density at radius 3 is 2.62 bits per heavy atom. The number of nitro groups is 1. The standard InChI is InChI=1S/C14H20N4O3/c1-14(2)9-17(7-6-16(14)3)13(19)11-8-10(18(20)21)4-5-12(11)15/h4-5,8H,6-7,9,15H2,1-3H3. The van der Waals surface area contributed by atoms with Gasteiger partial charge in [-0.05, 0) is 27.0 Å². The molecule has 7 nitrogen and oxygen atoms in total. The average Bonchev–Trinajstić information content (AvgIpc) is 2.41. The van der Waals surface area contributed by atoms with Gasteiger partial charge in [-0.15, -0.1) is 0 Å². The molecule has 1 saturated heterocycles. The maximum absolute atomic E-state index is 12.6. The van der Waals surface area contributed by atoms with Gasteiger partial charge in [0.15, 0.2) is 0 Å². The number of hydrogen-bond acceptors (Lipinski definition) is 5. The van der Waals surface area contributed by atoms with Crippen molar-refractivity contribution >= 4 is 17.3 Å². The summed E-state index contributed by atoms with van der Waals surface area (Å²) in [5.41, 5.74) is 6.02. The fraction of sp³-hybridized carbons (Fsp3) is 0.500. The highest BCUT2D eigenvalue weighted by Gasteiger charge is 2.34. The molecule has 1 aromatic carbocycles. The van der Waals surface area contributed by atoms with Crippen LogP contribution in [0.4, 0.5) is 11.4 Å². The van der Waals surface area contributed by atoms with E-state index in [1.807, 2.05) is 7.05 Å². The molecular weight excluding hydrogens is 272 g/mol. The van der Waals surface area contributed by atoms with Crippen LogP contribution in [0.5, 0.6) is 0 Å². The zero-order chi connectivity index (χ0) is 15.8. The number of nitrogens with zero attached hydrogens (tertiary/aromatic N) is 3. The summed E-state index contributed by atoms with van der Waals surface area (Å²) in [6.45, 7) is 6.02. The van der Waals surface area contributed by atoms with Crippen molar-refractivity contribution in [3.05, 3.63) is 33.9 Å². The van der Waals surface area contributed by atoms with Gasteiger partial charge in [0, 0.05) is 43.0 Å². The van der Waals surface area contributed by atoms with Crippen molar-refractivity contribution in [2.45, 2.75) is 19.4 Å². The van der Waals surface area contributed by atoms with E-state index < -0.39 is 4.92 Å². The van der Waals surface area contributed by atoms with E-state index in [1.165, 1.54) is 18.2 Å². The Morgan fingerprint density at radius 1 is 1.38 bits per heavy atom. The third kappa shape index (κ3) is 2.97. The van der Waals surface area contributed by atoms with Gasteiger partial charge in [0.25, 0.3) is 11.6 Å². The van der Waals surface area contributed by atoms with Crippen LogP contribution >= 0.6 is 0 Å². The van der Waals surface area contributed by atoms with Crippen LogP contribution in [-0.4, -0.2) is 52.9 Å². The van der Waals surface area contributed by atoms with Crippen LogP contribution in [-0.2, 0) is 0 Å². The summed E-state index contributed by atoms with van der Waals surface area (Å²) in [5.74, 6) is -0.252. The lowest BCUT2D eigenvalue weighted by Crippen LogP contribution is -2.58. The Morgan fingerprint density at radius 2 is 2.05 bits per heavy atom. The SMILES string of the molecule is CN1CCN(C(=O)c2cc([N+](=O)[O-])ccc2N)CC1(C)C. The van der Waals surface area contributed by atoms with E-state index in [-0.39, 0.29) is 28.4 Å². The number of amides is 1. The number of nitro benzene ring substituents is 1. The molecule has 1 aliphatic rings. The molecule has 1 aliphatic heterocycles. The first-order valence-corrected chi connectivity index (χ1v) is 6.77. The Labute approximate surface area is 123 Å². The average molecular weight is 292 g/mol. The van der Waals surface area contributed by atoms with Gasteiger partial charge in [0.05, 0.1) is 10.5 Å². The zero-order valence-electron chi connectivity index (χ0n) is 12.5. The van der Waals surface area contributed by atoms with E-state index in [0.717, 1.165) is 6.54 Å². The molecule has 1 amide bonds. The molecule has 0 spiro atoms. The summed E-state index contributed by atoms with van der Waals surface area (Å²) in [5, 5.41) is 10.8. The van der Waals surface area contributed by atoms with Gasteiger partial charge in [-0.1, -0.05) is 0 Å². The number of non-ortho nitro benzene ring substituents is 1. The third-order valence-electron chi connectivity index (χ3n) is 4.08. The summed E-state index contributed by atoms with van der Waals surface area (Å²) in [4.78, 5) is 26.8. The number of anilines is 1. The van der Waals surface area contributed by atoms with Crippen molar-refractivity contribution in [2.24, 2.45) is 0 Å². The predicted molar refractivity (Wildman–Crippen MR) is 80.1 cm³/mol. The lowest BCUT2D eigenvalue weighted by atomic mass is 9.99. The fourth-order valence-electron chi connectivity index (χ4n) is 2.43. The molecule has 0 saturated carbocycles. The van der Waals surface area contributed by atoms with Crippen molar-refractivity contribution in [3.63, 3.8) is 0 Å². The van der Waals surface area contributed by atoms with Crippen molar-refractivity contribution in [2.75, 3.05) is 32.4 Å². The maximum Gasteiger partial charge on any atom is 0.270 e. The Kier molecular flexibility index (Phi) is 3.87. The summed E-state index contributed by atoms with van der Waals surface area (Å²) in [7, 11) is 2.02. The summed E-state index contributed by atoms with van der Waals surface area (Å²) in [6.07, 6.45) is 0. The first kappa shape index (κ1) is 15.2. The van der Waals surface area contributed by atoms with Gasteiger partial charge >= 0.3 is 0 Å². The summed E-state index contributed by atoms with van der Waals surface area (Å²) >= 11 is 0. The molecule has 2 rings (SSSR count). The van der Waals surface area contributed by atoms with E-state index in [2.05, 4.69) is 18.7 Å². The zero-order valence-corrected chi connectivity index (χ0v) is 12.5. The van der Waals surface area contributed by atoms with Crippen molar-refractivity contribution < 1.29 is 9.72 Å². The number of benzene rings is 1. The van der Waals surface area contributed by atoms with Crippen LogP contribution in [0.3, 0.4) is 0 Å². The number of carbonyl (C=O) groups is 1. The minimum atomic E-state index is -0.524. The van der Waals surface area contributed by atoms with Gasteiger partial charge in [-0.25, -0.2) is 0 Å². The van der Waals surface area contributed by atoms with E-state index >= 15 is 0 Å². The van der Waals surface area contributed by atoms with Crippen LogP contribution in [0.1, 0.15) is 24.2 Å². The molecule has 1 fully saturated rings. The van der Waals surface area contributed by atoms with E-state index in [1.54, 1.807) is 4.90 Å². The lowest BCUT2D eigenvalue weighted by molar-refractivity contribution is -0.384. The van der Waals surface area contributed by atoms with Crippen molar-refractivity contribution in [3.8, 4) is 0 Å². The Bertz CT molecular complexity index is 586. The molecule has 0 aliphatic carbocycles. The number of nitrogen functional groups attached to an aromatic ring is 1. The van der Waals surface area contributed by atoms with Gasteiger partial charge in [0.1, 0.15) is 0 Å². The lowest BCUT2D eigenvalue weighted by Gasteiger charge is -2.45. The molecular formula is C14H20N4O3. The Hall–Kier alpha value is -2.15. The second-order valence-corrected chi connectivity index (χ2v) is 5.99. The molecule has 2 N–H and O–H groups in total. The smallest absolute Gasteiger partial charge is 0.270 e. The van der Waals surface area contributed by atoms with Gasteiger partial charge in [-0.3, -0.25) is 19.8 Å². The van der Waals surface area contributed by atoms with Gasteiger partial charge in [0.2, 0.25) is 0 Å². The van der Waals surface area contributed by atoms with Crippen molar-refractivity contribution in [1.82, 2.24) is 9.80 Å². The summed E-state index contributed by atoms with van der Waals surface area (Å²) < 4.78 is 0. The van der Waals surface area contributed by atoms with Crippen LogP contribution in [0, 0.1) is 10.1 Å². The van der Waals surface area contributed by atoms with Crippen LogP contribution < -0.4 is 5.73 Å². The van der Waals surface area contributed by atoms with Crippen LogP contribution in [0.2, 0.25) is 0 Å². The maximum atomic E-state index is 12.6. The number of hydrogen-bond donors (Lipinski definition) is 1. The number of rotatable bonds is 2. The van der Waals surface area contributed by atoms with E-state index in [4.69, 9.17) is 5.73 Å². The number of piperazine rings is 1. The second kappa shape index (κ2) is 5.33. The van der Waals surface area contributed by atoms with Gasteiger partial charge in [-0.2, -0.15) is 0 Å². The molecule has 0 atom stereocenters. The topological polar surface area (TPSA) is 92.7 Å². The normalized spacial score (nSPS) is 18.5. The minimum absolute atomic E-state index is 0.124. The first-order chi connectivity index (χ1) is 9.72. The van der Waals surface area contributed by atoms with E-state index in [9.17, 15) is 14.9 Å². The highest BCUT2D eigenvalue weighted by molar-refractivity contribution is 5.99. The predicted octanol–water partition coefficient (Wildman–Crippen LogP) is 1.34. The highest BCUT2D eigenvalue weighted by atomic mass is 16.6. The molecule has 7 heteroatoms. The minimum Gasteiger partial charge on any atom is -0.398 e. The molecule has 0 radical (unpaired) electrons.